The molecule has 0 aromatic heterocycles. The zero-order chi connectivity index (χ0) is 13.3. The number of nitrogens with one attached hydrogen (secondary N) is 1. The van der Waals surface area contributed by atoms with E-state index in [1.165, 1.54) is 6.42 Å². The Morgan fingerprint density at radius 1 is 1.42 bits per heavy atom. The maximum absolute atomic E-state index is 9.56. The first-order valence-electron chi connectivity index (χ1n) is 6.95. The van der Waals surface area contributed by atoms with Crippen molar-refractivity contribution in [2.24, 2.45) is 5.41 Å². The lowest BCUT2D eigenvalue weighted by atomic mass is 9.85. The summed E-state index contributed by atoms with van der Waals surface area (Å²) in [4.78, 5) is 0. The Morgan fingerprint density at radius 3 is 3.16 bits per heavy atom. The van der Waals surface area contributed by atoms with Gasteiger partial charge in [0.05, 0.1) is 0 Å². The SMILES string of the molecule is CC1(CO)CCCC1NCc1cccc2c1OCO2. The summed E-state index contributed by atoms with van der Waals surface area (Å²) in [6.45, 7) is 3.47. The molecule has 1 aromatic rings. The minimum absolute atomic E-state index is 0.00924. The molecule has 0 radical (unpaired) electrons. The van der Waals surface area contributed by atoms with Gasteiger partial charge in [0.1, 0.15) is 0 Å². The van der Waals surface area contributed by atoms with Gasteiger partial charge in [0.15, 0.2) is 11.5 Å². The first kappa shape index (κ1) is 12.8. The second-order valence-corrected chi connectivity index (χ2v) is 5.79. The van der Waals surface area contributed by atoms with Crippen LogP contribution in [0.2, 0.25) is 0 Å². The maximum atomic E-state index is 9.56. The first-order chi connectivity index (χ1) is 9.23. The lowest BCUT2D eigenvalue weighted by molar-refractivity contribution is 0.118. The number of ether oxygens (including phenoxy) is 2. The number of fused-ring (bicyclic) bond motifs is 1. The molecule has 1 saturated carbocycles. The quantitative estimate of drug-likeness (QED) is 0.873. The highest BCUT2D eigenvalue weighted by Crippen LogP contribution is 2.39. The summed E-state index contributed by atoms with van der Waals surface area (Å²) in [5, 5.41) is 13.1. The molecule has 1 aliphatic carbocycles. The third-order valence-electron chi connectivity index (χ3n) is 4.46. The van der Waals surface area contributed by atoms with E-state index in [4.69, 9.17) is 9.47 Å². The number of hydrogen-bond donors (Lipinski definition) is 2. The summed E-state index contributed by atoms with van der Waals surface area (Å²) in [6.07, 6.45) is 3.40. The van der Waals surface area contributed by atoms with Gasteiger partial charge >= 0.3 is 0 Å². The van der Waals surface area contributed by atoms with Crippen molar-refractivity contribution in [1.82, 2.24) is 5.32 Å². The van der Waals surface area contributed by atoms with Crippen LogP contribution in [0.25, 0.3) is 0 Å². The highest BCUT2D eigenvalue weighted by atomic mass is 16.7. The van der Waals surface area contributed by atoms with E-state index in [-0.39, 0.29) is 12.0 Å². The molecule has 1 fully saturated rings. The smallest absolute Gasteiger partial charge is 0.231 e. The largest absolute Gasteiger partial charge is 0.454 e. The second kappa shape index (κ2) is 5.02. The number of aliphatic hydroxyl groups excluding tert-OH is 1. The summed E-state index contributed by atoms with van der Waals surface area (Å²) >= 11 is 0. The van der Waals surface area contributed by atoms with Crippen molar-refractivity contribution in [3.8, 4) is 11.5 Å². The Morgan fingerprint density at radius 2 is 2.32 bits per heavy atom. The topological polar surface area (TPSA) is 50.7 Å². The van der Waals surface area contributed by atoms with E-state index in [9.17, 15) is 5.11 Å². The molecule has 1 aromatic carbocycles. The van der Waals surface area contributed by atoms with Gasteiger partial charge < -0.3 is 19.9 Å². The van der Waals surface area contributed by atoms with Crippen LogP contribution in [-0.2, 0) is 6.54 Å². The fraction of sp³-hybridized carbons (Fsp3) is 0.600. The number of para-hydroxylation sites is 1. The van der Waals surface area contributed by atoms with Gasteiger partial charge in [0, 0.05) is 30.2 Å². The Kier molecular flexibility index (Phi) is 3.37. The van der Waals surface area contributed by atoms with Crippen molar-refractivity contribution in [1.29, 1.82) is 0 Å². The highest BCUT2D eigenvalue weighted by Gasteiger charge is 2.37. The van der Waals surface area contributed by atoms with E-state index < -0.39 is 0 Å². The number of rotatable bonds is 4. The molecule has 0 saturated heterocycles. The molecular weight excluding hydrogens is 242 g/mol. The van der Waals surface area contributed by atoms with Crippen molar-refractivity contribution in [2.45, 2.75) is 38.8 Å². The van der Waals surface area contributed by atoms with Crippen LogP contribution in [0.3, 0.4) is 0 Å². The minimum atomic E-state index is 0.00924. The molecular formula is C15H21NO3. The van der Waals surface area contributed by atoms with Crippen molar-refractivity contribution in [2.75, 3.05) is 13.4 Å². The first-order valence-corrected chi connectivity index (χ1v) is 6.95. The van der Waals surface area contributed by atoms with Crippen LogP contribution in [-0.4, -0.2) is 24.5 Å². The number of hydrogen-bond acceptors (Lipinski definition) is 4. The molecule has 0 amide bonds. The van der Waals surface area contributed by atoms with E-state index in [2.05, 4.69) is 18.3 Å². The minimum Gasteiger partial charge on any atom is -0.454 e. The molecule has 1 aliphatic heterocycles. The maximum Gasteiger partial charge on any atom is 0.231 e. The van der Waals surface area contributed by atoms with E-state index in [1.807, 2.05) is 12.1 Å². The van der Waals surface area contributed by atoms with Crippen molar-refractivity contribution in [3.05, 3.63) is 23.8 Å². The third kappa shape index (κ3) is 2.30. The van der Waals surface area contributed by atoms with Crippen LogP contribution in [0.1, 0.15) is 31.7 Å². The highest BCUT2D eigenvalue weighted by molar-refractivity contribution is 5.48. The van der Waals surface area contributed by atoms with E-state index in [1.54, 1.807) is 0 Å². The predicted octanol–water partition coefficient (Wildman–Crippen LogP) is 2.06. The van der Waals surface area contributed by atoms with E-state index in [0.717, 1.165) is 36.4 Å². The normalized spacial score (nSPS) is 28.8. The van der Waals surface area contributed by atoms with Crippen LogP contribution in [0.4, 0.5) is 0 Å². The van der Waals surface area contributed by atoms with Crippen molar-refractivity contribution in [3.63, 3.8) is 0 Å². The summed E-state index contributed by atoms with van der Waals surface area (Å²) in [5.74, 6) is 1.69. The molecule has 2 N–H and O–H groups in total. The molecule has 19 heavy (non-hydrogen) atoms. The van der Waals surface area contributed by atoms with Crippen LogP contribution in [0.15, 0.2) is 18.2 Å². The predicted molar refractivity (Wildman–Crippen MR) is 72.2 cm³/mol. The fourth-order valence-electron chi connectivity index (χ4n) is 3.13. The number of aliphatic hydroxyl groups is 1. The average molecular weight is 263 g/mol. The van der Waals surface area contributed by atoms with Gasteiger partial charge in [-0.2, -0.15) is 0 Å². The van der Waals surface area contributed by atoms with Gasteiger partial charge in [-0.05, 0) is 18.9 Å². The van der Waals surface area contributed by atoms with Crippen molar-refractivity contribution < 1.29 is 14.6 Å². The van der Waals surface area contributed by atoms with Gasteiger partial charge in [0.2, 0.25) is 6.79 Å². The van der Waals surface area contributed by atoms with Gasteiger partial charge in [0.25, 0.3) is 0 Å². The Bertz CT molecular complexity index is 463. The van der Waals surface area contributed by atoms with E-state index in [0.29, 0.717) is 12.8 Å². The Labute approximate surface area is 113 Å². The van der Waals surface area contributed by atoms with Crippen LogP contribution in [0, 0.1) is 5.41 Å². The van der Waals surface area contributed by atoms with Crippen LogP contribution >= 0.6 is 0 Å². The molecule has 0 spiro atoms. The molecule has 2 unspecified atom stereocenters. The Balaban J connectivity index is 1.69. The summed E-state index contributed by atoms with van der Waals surface area (Å²) in [7, 11) is 0. The molecule has 2 atom stereocenters. The van der Waals surface area contributed by atoms with Gasteiger partial charge in [-0.15, -0.1) is 0 Å². The van der Waals surface area contributed by atoms with Gasteiger partial charge in [-0.3, -0.25) is 0 Å². The Hall–Kier alpha value is -1.26. The summed E-state index contributed by atoms with van der Waals surface area (Å²) in [6, 6.07) is 6.35. The molecule has 2 aliphatic rings. The molecule has 1 heterocycles. The zero-order valence-electron chi connectivity index (χ0n) is 11.3. The van der Waals surface area contributed by atoms with Gasteiger partial charge in [-0.1, -0.05) is 25.5 Å². The fourth-order valence-corrected chi connectivity index (χ4v) is 3.13. The molecule has 104 valence electrons. The molecule has 3 rings (SSSR count). The van der Waals surface area contributed by atoms with Crippen LogP contribution < -0.4 is 14.8 Å². The average Bonchev–Trinajstić information content (AvgIpc) is 3.03. The van der Waals surface area contributed by atoms with E-state index >= 15 is 0 Å². The number of benzene rings is 1. The molecule has 0 bridgehead atoms. The molecule has 4 heteroatoms. The van der Waals surface area contributed by atoms with Gasteiger partial charge in [-0.25, -0.2) is 0 Å². The van der Waals surface area contributed by atoms with Crippen molar-refractivity contribution >= 4 is 0 Å². The summed E-state index contributed by atoms with van der Waals surface area (Å²) in [5.41, 5.74) is 1.14. The summed E-state index contributed by atoms with van der Waals surface area (Å²) < 4.78 is 10.9. The monoisotopic (exact) mass is 263 g/mol. The second-order valence-electron chi connectivity index (χ2n) is 5.79. The molecule has 4 nitrogen and oxygen atoms in total. The lowest BCUT2D eigenvalue weighted by Crippen LogP contribution is -2.41. The third-order valence-corrected chi connectivity index (χ3v) is 4.46. The zero-order valence-corrected chi connectivity index (χ0v) is 11.3. The lowest BCUT2D eigenvalue weighted by Gasteiger charge is -2.30. The van der Waals surface area contributed by atoms with Crippen LogP contribution in [0.5, 0.6) is 11.5 Å². The standard InChI is InChI=1S/C15H21NO3/c1-15(9-17)7-3-6-13(15)16-8-11-4-2-5-12-14(11)19-10-18-12/h2,4-5,13,16-17H,3,6-10H2,1H3.